The van der Waals surface area contributed by atoms with Crippen LogP contribution < -0.4 is 10.6 Å². The Morgan fingerprint density at radius 2 is 1.71 bits per heavy atom. The molecule has 7 heteroatoms. The summed E-state index contributed by atoms with van der Waals surface area (Å²) in [4.78, 5) is 14.3. The van der Waals surface area contributed by atoms with Crippen molar-refractivity contribution in [2.24, 2.45) is 17.8 Å². The van der Waals surface area contributed by atoms with Crippen molar-refractivity contribution in [3.8, 4) is 11.3 Å². The van der Waals surface area contributed by atoms with Gasteiger partial charge in [-0.05, 0) is 80.5 Å². The molecule has 1 amide bonds. The van der Waals surface area contributed by atoms with Crippen LogP contribution in [0.15, 0.2) is 36.4 Å². The highest BCUT2D eigenvalue weighted by molar-refractivity contribution is 5.95. The third kappa shape index (κ3) is 5.10. The van der Waals surface area contributed by atoms with E-state index in [4.69, 9.17) is 7.48 Å². The van der Waals surface area contributed by atoms with Gasteiger partial charge in [0, 0.05) is 58.8 Å². The summed E-state index contributed by atoms with van der Waals surface area (Å²) >= 11 is 0. The maximum absolute atomic E-state index is 12.2. The fourth-order valence-corrected chi connectivity index (χ4v) is 5.67. The zero-order valence-electron chi connectivity index (χ0n) is 21.6. The number of nitrogens with one attached hydrogen (secondary N) is 2. The van der Waals surface area contributed by atoms with Crippen molar-refractivity contribution in [2.75, 3.05) is 38.1 Å². The molecule has 6 rings (SSSR count). The van der Waals surface area contributed by atoms with Crippen molar-refractivity contribution in [1.82, 2.24) is 20.4 Å². The van der Waals surface area contributed by atoms with Gasteiger partial charge in [-0.15, -0.1) is 10.2 Å². The third-order valence-electron chi connectivity index (χ3n) is 7.71. The number of carbonyl (C=O) groups excluding carboxylic acids is 1. The van der Waals surface area contributed by atoms with E-state index in [1.165, 1.54) is 0 Å². The predicted molar refractivity (Wildman–Crippen MR) is 132 cm³/mol. The molecule has 2 aliphatic heterocycles. The maximum atomic E-state index is 12.2. The molecular weight excluding hydrogens is 426 g/mol. The molecule has 2 aliphatic carbocycles. The van der Waals surface area contributed by atoms with E-state index in [1.54, 1.807) is 0 Å². The Hall–Kier alpha value is -2.51. The minimum Gasteiger partial charge on any atom is -0.381 e. The van der Waals surface area contributed by atoms with Gasteiger partial charge in [0.1, 0.15) is 5.82 Å². The first-order valence-corrected chi connectivity index (χ1v) is 12.8. The molecule has 180 valence electrons. The van der Waals surface area contributed by atoms with Gasteiger partial charge in [0.05, 0.1) is 5.69 Å². The number of rotatable bonds is 7. The first-order valence-electron chi connectivity index (χ1n) is 13.8. The topological polar surface area (TPSA) is 79.4 Å². The van der Waals surface area contributed by atoms with Crippen LogP contribution in [0.1, 0.15) is 51.6 Å². The molecule has 1 unspecified atom stereocenters. The Balaban J connectivity index is 1.01. The number of benzene rings is 1. The van der Waals surface area contributed by atoms with Crippen LogP contribution in [0.4, 0.5) is 5.82 Å². The second-order valence-electron chi connectivity index (χ2n) is 10.4. The Morgan fingerprint density at radius 3 is 2.35 bits per heavy atom. The largest absolute Gasteiger partial charge is 0.381 e. The molecule has 4 fully saturated rings. The average Bonchev–Trinajstić information content (AvgIpc) is 3.50. The van der Waals surface area contributed by atoms with Crippen molar-refractivity contribution in [3.63, 3.8) is 0 Å². The summed E-state index contributed by atoms with van der Waals surface area (Å²) in [6.45, 7) is 1.80. The maximum Gasteiger partial charge on any atom is 0.251 e. The number of ether oxygens (including phenoxy) is 1. The van der Waals surface area contributed by atoms with Crippen LogP contribution in [0.3, 0.4) is 0 Å². The number of carbonyl (C=O) groups is 1. The number of fused-ring (bicyclic) bond motifs is 1. The first kappa shape index (κ1) is 19.8. The van der Waals surface area contributed by atoms with Crippen LogP contribution in [-0.4, -0.2) is 65.9 Å². The Labute approximate surface area is 204 Å². The van der Waals surface area contributed by atoms with Gasteiger partial charge in [-0.1, -0.05) is 12.1 Å². The fraction of sp³-hybridized carbons (Fsp3) is 0.593. The van der Waals surface area contributed by atoms with E-state index in [0.717, 1.165) is 68.7 Å². The molecule has 2 aromatic rings. The smallest absolute Gasteiger partial charge is 0.251 e. The summed E-state index contributed by atoms with van der Waals surface area (Å²) in [6.07, 6.45) is 5.87. The van der Waals surface area contributed by atoms with Gasteiger partial charge < -0.3 is 20.3 Å². The SMILES string of the molecule is [2H]C([2H])(C1CCOCC1)N1C[C@H]2CC(Nc3ccc(-c4ccc(C(=O)NC5CC5)cc4)nn3)C[C@H]2C1. The van der Waals surface area contributed by atoms with E-state index < -0.39 is 6.50 Å². The van der Waals surface area contributed by atoms with Crippen LogP contribution in [0, 0.1) is 17.8 Å². The fourth-order valence-electron chi connectivity index (χ4n) is 5.67. The van der Waals surface area contributed by atoms with Gasteiger partial charge in [0.2, 0.25) is 0 Å². The zero-order chi connectivity index (χ0) is 24.7. The lowest BCUT2D eigenvalue weighted by Gasteiger charge is -2.27. The summed E-state index contributed by atoms with van der Waals surface area (Å²) < 4.78 is 23.0. The molecule has 34 heavy (non-hydrogen) atoms. The summed E-state index contributed by atoms with van der Waals surface area (Å²) in [5, 5.41) is 15.4. The zero-order valence-corrected chi connectivity index (χ0v) is 19.6. The van der Waals surface area contributed by atoms with E-state index in [1.807, 2.05) is 36.4 Å². The van der Waals surface area contributed by atoms with Crippen LogP contribution >= 0.6 is 0 Å². The molecule has 7 nitrogen and oxygen atoms in total. The number of nitrogens with zero attached hydrogens (tertiary/aromatic N) is 3. The molecule has 4 aliphatic rings. The Kier molecular flexibility index (Phi) is 5.59. The standard InChI is InChI=1S/C27H35N5O2/c33-27(29-23-5-6-23)20-3-1-19(2-4-20)25-7-8-26(31-30-25)28-24-13-21-16-32(17-22(21)14-24)15-18-9-11-34-12-10-18/h1-4,7-8,18,21-24H,5-6,9-17H2,(H,28,31)(H,29,33)/t21-,22+,24?/i15D2. The molecule has 2 saturated heterocycles. The van der Waals surface area contributed by atoms with Gasteiger partial charge in [0.25, 0.3) is 5.91 Å². The highest BCUT2D eigenvalue weighted by atomic mass is 16.5. The van der Waals surface area contributed by atoms with Crippen LogP contribution in [-0.2, 0) is 4.74 Å². The van der Waals surface area contributed by atoms with Gasteiger partial charge >= 0.3 is 0 Å². The number of amides is 1. The van der Waals surface area contributed by atoms with E-state index in [0.29, 0.717) is 42.7 Å². The lowest BCUT2D eigenvalue weighted by molar-refractivity contribution is 0.0545. The number of hydrogen-bond donors (Lipinski definition) is 2. The van der Waals surface area contributed by atoms with E-state index in [2.05, 4.69) is 25.7 Å². The lowest BCUT2D eigenvalue weighted by atomic mass is 10.00. The summed E-state index contributed by atoms with van der Waals surface area (Å²) in [5.41, 5.74) is 2.39. The van der Waals surface area contributed by atoms with Crippen molar-refractivity contribution >= 4 is 11.7 Å². The summed E-state index contributed by atoms with van der Waals surface area (Å²) in [6, 6.07) is 12.2. The first-order chi connectivity index (χ1) is 17.5. The molecule has 1 aromatic carbocycles. The van der Waals surface area contributed by atoms with Gasteiger partial charge in [-0.2, -0.15) is 0 Å². The van der Waals surface area contributed by atoms with Crippen molar-refractivity contribution in [1.29, 1.82) is 0 Å². The van der Waals surface area contributed by atoms with Gasteiger partial charge in [0.15, 0.2) is 0 Å². The average molecular weight is 464 g/mol. The Bertz CT molecular complexity index is 1060. The lowest BCUT2D eigenvalue weighted by Crippen LogP contribution is -2.32. The van der Waals surface area contributed by atoms with Crippen molar-refractivity contribution < 1.29 is 12.3 Å². The summed E-state index contributed by atoms with van der Waals surface area (Å²) in [5.74, 6) is 1.89. The summed E-state index contributed by atoms with van der Waals surface area (Å²) in [7, 11) is 0. The van der Waals surface area contributed by atoms with Crippen LogP contribution in [0.25, 0.3) is 11.3 Å². The quantitative estimate of drug-likeness (QED) is 0.653. The molecule has 3 heterocycles. The second-order valence-corrected chi connectivity index (χ2v) is 10.4. The third-order valence-corrected chi connectivity index (χ3v) is 7.71. The van der Waals surface area contributed by atoms with Crippen LogP contribution in [0.2, 0.25) is 0 Å². The number of hydrogen-bond acceptors (Lipinski definition) is 6. The van der Waals surface area contributed by atoms with Gasteiger partial charge in [-0.25, -0.2) is 0 Å². The molecule has 2 saturated carbocycles. The van der Waals surface area contributed by atoms with E-state index in [9.17, 15) is 4.79 Å². The highest BCUT2D eigenvalue weighted by Crippen LogP contribution is 2.39. The minimum absolute atomic E-state index is 0.0149. The highest BCUT2D eigenvalue weighted by Gasteiger charge is 2.41. The minimum atomic E-state index is -1.24. The van der Waals surface area contributed by atoms with Crippen LogP contribution in [0.5, 0.6) is 0 Å². The van der Waals surface area contributed by atoms with Crippen molar-refractivity contribution in [3.05, 3.63) is 42.0 Å². The van der Waals surface area contributed by atoms with Crippen molar-refractivity contribution in [2.45, 2.75) is 50.6 Å². The Morgan fingerprint density at radius 1 is 0.971 bits per heavy atom. The normalized spacial score (nSPS) is 28.8. The molecule has 0 spiro atoms. The molecule has 0 bridgehead atoms. The van der Waals surface area contributed by atoms with Gasteiger partial charge in [-0.3, -0.25) is 4.79 Å². The molecule has 0 radical (unpaired) electrons. The molecule has 2 N–H and O–H groups in total. The number of anilines is 1. The number of likely N-dealkylation sites (tertiary alicyclic amines) is 1. The monoisotopic (exact) mass is 463 g/mol. The molecular formula is C27H35N5O2. The predicted octanol–water partition coefficient (Wildman–Crippen LogP) is 3.58. The van der Waals surface area contributed by atoms with E-state index in [-0.39, 0.29) is 11.8 Å². The molecule has 1 aromatic heterocycles. The molecule has 3 atom stereocenters. The second kappa shape index (κ2) is 9.62. The van der Waals surface area contributed by atoms with E-state index >= 15 is 0 Å². The number of aromatic nitrogens is 2.